The molecule has 1 unspecified atom stereocenters. The predicted molar refractivity (Wildman–Crippen MR) is 52.2 cm³/mol. The molecule has 1 atom stereocenters. The molecule has 4 heteroatoms. The first-order valence-corrected chi connectivity index (χ1v) is 5.19. The molecule has 2 rings (SSSR count). The van der Waals surface area contributed by atoms with E-state index >= 15 is 0 Å². The Hall–Kier alpha value is -0.480. The number of aliphatic hydroxyl groups excluding tert-OH is 1. The summed E-state index contributed by atoms with van der Waals surface area (Å²) in [4.78, 5) is 8.22. The second-order valence-corrected chi connectivity index (χ2v) is 4.34. The van der Waals surface area contributed by atoms with Crippen molar-refractivity contribution in [1.82, 2.24) is 9.97 Å². The van der Waals surface area contributed by atoms with Crippen molar-refractivity contribution in [3.63, 3.8) is 0 Å². The summed E-state index contributed by atoms with van der Waals surface area (Å²) < 4.78 is 0.872. The second kappa shape index (κ2) is 3.72. The summed E-state index contributed by atoms with van der Waals surface area (Å²) in [6.45, 7) is 0. The summed E-state index contributed by atoms with van der Waals surface area (Å²) in [5.74, 6) is 1.22. The van der Waals surface area contributed by atoms with Crippen LogP contribution in [0.5, 0.6) is 0 Å². The van der Waals surface area contributed by atoms with E-state index in [9.17, 15) is 5.11 Å². The van der Waals surface area contributed by atoms with Crippen LogP contribution in [0, 0.1) is 5.92 Å². The van der Waals surface area contributed by atoms with Gasteiger partial charge in [0.15, 0.2) is 0 Å². The van der Waals surface area contributed by atoms with Gasteiger partial charge in [-0.05, 0) is 34.7 Å². The van der Waals surface area contributed by atoms with Crippen LogP contribution in [0.25, 0.3) is 0 Å². The van der Waals surface area contributed by atoms with Gasteiger partial charge in [-0.3, -0.25) is 0 Å². The summed E-state index contributed by atoms with van der Waals surface area (Å²) >= 11 is 3.27. The van der Waals surface area contributed by atoms with Crippen LogP contribution in [-0.4, -0.2) is 21.2 Å². The minimum atomic E-state index is -0.249. The smallest absolute Gasteiger partial charge is 0.130 e. The first-order chi connectivity index (χ1) is 6.25. The van der Waals surface area contributed by atoms with E-state index in [1.165, 1.54) is 0 Å². The van der Waals surface area contributed by atoms with Crippen LogP contribution < -0.4 is 0 Å². The SMILES string of the molecule is OC(Cc1ncc(Br)cn1)C1CC1. The molecule has 0 bridgehead atoms. The van der Waals surface area contributed by atoms with Crippen LogP contribution >= 0.6 is 15.9 Å². The Morgan fingerprint density at radius 1 is 1.46 bits per heavy atom. The van der Waals surface area contributed by atoms with Crippen LogP contribution in [0.2, 0.25) is 0 Å². The maximum absolute atomic E-state index is 9.62. The molecule has 1 N–H and O–H groups in total. The fourth-order valence-corrected chi connectivity index (χ4v) is 1.48. The minimum Gasteiger partial charge on any atom is -0.392 e. The van der Waals surface area contributed by atoms with E-state index in [4.69, 9.17) is 0 Å². The van der Waals surface area contributed by atoms with Gasteiger partial charge in [0.2, 0.25) is 0 Å². The largest absolute Gasteiger partial charge is 0.392 e. The molecule has 13 heavy (non-hydrogen) atoms. The Morgan fingerprint density at radius 3 is 2.62 bits per heavy atom. The minimum absolute atomic E-state index is 0.249. The molecular formula is C9H11BrN2O. The number of aliphatic hydroxyl groups is 1. The van der Waals surface area contributed by atoms with Crippen LogP contribution in [-0.2, 0) is 6.42 Å². The Kier molecular flexibility index (Phi) is 2.60. The Balaban J connectivity index is 1.96. The van der Waals surface area contributed by atoms with Crippen LogP contribution in [0.1, 0.15) is 18.7 Å². The number of hydrogen-bond acceptors (Lipinski definition) is 3. The molecule has 1 aliphatic rings. The monoisotopic (exact) mass is 242 g/mol. The summed E-state index contributed by atoms with van der Waals surface area (Å²) in [7, 11) is 0. The van der Waals surface area contributed by atoms with Crippen molar-refractivity contribution >= 4 is 15.9 Å². The van der Waals surface area contributed by atoms with Crippen molar-refractivity contribution < 1.29 is 5.11 Å². The van der Waals surface area contributed by atoms with Crippen molar-refractivity contribution in [1.29, 1.82) is 0 Å². The lowest BCUT2D eigenvalue weighted by molar-refractivity contribution is 0.149. The highest BCUT2D eigenvalue weighted by molar-refractivity contribution is 9.10. The highest BCUT2D eigenvalue weighted by Crippen LogP contribution is 2.33. The molecule has 0 amide bonds. The normalized spacial score (nSPS) is 18.6. The molecule has 0 radical (unpaired) electrons. The third-order valence-corrected chi connectivity index (χ3v) is 2.64. The molecule has 70 valence electrons. The van der Waals surface area contributed by atoms with Gasteiger partial charge in [-0.15, -0.1) is 0 Å². The van der Waals surface area contributed by atoms with Gasteiger partial charge in [0, 0.05) is 18.8 Å². The van der Waals surface area contributed by atoms with Crippen molar-refractivity contribution in [3.05, 3.63) is 22.7 Å². The molecule has 1 aliphatic carbocycles. The third kappa shape index (κ3) is 2.48. The number of nitrogens with zero attached hydrogens (tertiary/aromatic N) is 2. The summed E-state index contributed by atoms with van der Waals surface area (Å²) in [5, 5.41) is 9.62. The van der Waals surface area contributed by atoms with Crippen molar-refractivity contribution in [2.24, 2.45) is 5.92 Å². The molecule has 3 nitrogen and oxygen atoms in total. The summed E-state index contributed by atoms with van der Waals surface area (Å²) in [5.41, 5.74) is 0. The van der Waals surface area contributed by atoms with Gasteiger partial charge in [-0.2, -0.15) is 0 Å². The van der Waals surface area contributed by atoms with E-state index in [1.807, 2.05) is 0 Å². The van der Waals surface area contributed by atoms with E-state index in [0.29, 0.717) is 12.3 Å². The fraction of sp³-hybridized carbons (Fsp3) is 0.556. The number of rotatable bonds is 3. The van der Waals surface area contributed by atoms with E-state index < -0.39 is 0 Å². The van der Waals surface area contributed by atoms with Crippen LogP contribution in [0.4, 0.5) is 0 Å². The van der Waals surface area contributed by atoms with Crippen LogP contribution in [0.3, 0.4) is 0 Å². The lowest BCUT2D eigenvalue weighted by Gasteiger charge is -2.06. The highest BCUT2D eigenvalue weighted by atomic mass is 79.9. The average molecular weight is 243 g/mol. The molecule has 1 heterocycles. The quantitative estimate of drug-likeness (QED) is 0.876. The molecule has 0 aliphatic heterocycles. The topological polar surface area (TPSA) is 46.0 Å². The van der Waals surface area contributed by atoms with Gasteiger partial charge in [0.25, 0.3) is 0 Å². The Morgan fingerprint density at radius 2 is 2.08 bits per heavy atom. The van der Waals surface area contributed by atoms with E-state index in [1.54, 1.807) is 12.4 Å². The molecule has 0 saturated heterocycles. The van der Waals surface area contributed by atoms with Gasteiger partial charge in [-0.1, -0.05) is 0 Å². The van der Waals surface area contributed by atoms with Crippen molar-refractivity contribution in [3.8, 4) is 0 Å². The molecule has 1 saturated carbocycles. The highest BCUT2D eigenvalue weighted by Gasteiger charge is 2.30. The molecular weight excluding hydrogens is 232 g/mol. The van der Waals surface area contributed by atoms with Gasteiger partial charge in [0.1, 0.15) is 5.82 Å². The fourth-order valence-electron chi connectivity index (χ4n) is 1.28. The Bertz CT molecular complexity index is 284. The average Bonchev–Trinajstić information content (AvgIpc) is 2.91. The van der Waals surface area contributed by atoms with Gasteiger partial charge >= 0.3 is 0 Å². The first kappa shape index (κ1) is 9.09. The molecule has 0 aromatic carbocycles. The lowest BCUT2D eigenvalue weighted by atomic mass is 10.1. The standard InChI is InChI=1S/C9H11BrN2O/c10-7-4-11-9(12-5-7)3-8(13)6-1-2-6/h4-6,8,13H,1-3H2. The number of aromatic nitrogens is 2. The molecule has 1 aromatic heterocycles. The lowest BCUT2D eigenvalue weighted by Crippen LogP contribution is -2.14. The molecule has 1 fully saturated rings. The molecule has 0 spiro atoms. The summed E-state index contributed by atoms with van der Waals surface area (Å²) in [6, 6.07) is 0. The van der Waals surface area contributed by atoms with Crippen LogP contribution in [0.15, 0.2) is 16.9 Å². The number of hydrogen-bond donors (Lipinski definition) is 1. The Labute approximate surface area is 85.4 Å². The zero-order chi connectivity index (χ0) is 9.26. The van der Waals surface area contributed by atoms with E-state index in [2.05, 4.69) is 25.9 Å². The predicted octanol–water partition coefficient (Wildman–Crippen LogP) is 1.55. The maximum Gasteiger partial charge on any atom is 0.130 e. The zero-order valence-electron chi connectivity index (χ0n) is 7.15. The third-order valence-electron chi connectivity index (χ3n) is 2.23. The summed E-state index contributed by atoms with van der Waals surface area (Å²) in [6.07, 6.45) is 6.05. The maximum atomic E-state index is 9.62. The second-order valence-electron chi connectivity index (χ2n) is 3.43. The van der Waals surface area contributed by atoms with Gasteiger partial charge in [0.05, 0.1) is 10.6 Å². The van der Waals surface area contributed by atoms with Crippen molar-refractivity contribution in [2.45, 2.75) is 25.4 Å². The van der Waals surface area contributed by atoms with E-state index in [-0.39, 0.29) is 6.10 Å². The number of halogens is 1. The van der Waals surface area contributed by atoms with Gasteiger partial charge in [-0.25, -0.2) is 9.97 Å². The first-order valence-electron chi connectivity index (χ1n) is 4.40. The van der Waals surface area contributed by atoms with E-state index in [0.717, 1.165) is 23.1 Å². The zero-order valence-corrected chi connectivity index (χ0v) is 8.74. The van der Waals surface area contributed by atoms with Crippen molar-refractivity contribution in [2.75, 3.05) is 0 Å². The van der Waals surface area contributed by atoms with Gasteiger partial charge < -0.3 is 5.11 Å². The molecule has 1 aromatic rings.